The predicted molar refractivity (Wildman–Crippen MR) is 98.8 cm³/mol. The Morgan fingerprint density at radius 3 is 2.33 bits per heavy atom. The Morgan fingerprint density at radius 1 is 0.875 bits per heavy atom. The fourth-order valence-corrected chi connectivity index (χ4v) is 3.36. The number of nitrogens with two attached hydrogens (primary N) is 1. The summed E-state index contributed by atoms with van der Waals surface area (Å²) in [4.78, 5) is 14.2. The van der Waals surface area contributed by atoms with Gasteiger partial charge in [-0.15, -0.1) is 0 Å². The molecular weight excluding hydrogens is 318 g/mol. The summed E-state index contributed by atoms with van der Waals surface area (Å²) in [5.41, 5.74) is 8.94. The molecule has 0 saturated heterocycles. The monoisotopic (exact) mass is 333 g/mol. The van der Waals surface area contributed by atoms with Crippen LogP contribution in [-0.2, 0) is 6.54 Å². The summed E-state index contributed by atoms with van der Waals surface area (Å²) in [5.74, 6) is 0.918. The summed E-state index contributed by atoms with van der Waals surface area (Å²) in [6.07, 6.45) is 0. The summed E-state index contributed by atoms with van der Waals surface area (Å²) < 4.78 is 0. The minimum absolute atomic E-state index is 0.397. The van der Waals surface area contributed by atoms with E-state index in [1.54, 1.807) is 0 Å². The van der Waals surface area contributed by atoms with Gasteiger partial charge in [0.1, 0.15) is 10.5 Å². The number of hydrogen-bond acceptors (Lipinski definition) is 6. The van der Waals surface area contributed by atoms with Crippen LogP contribution in [0.2, 0.25) is 0 Å². The number of rotatable bonds is 4. The van der Waals surface area contributed by atoms with Crippen LogP contribution in [0.4, 0.5) is 11.8 Å². The highest BCUT2D eigenvalue weighted by Crippen LogP contribution is 2.31. The van der Waals surface area contributed by atoms with E-state index in [-0.39, 0.29) is 0 Å². The molecule has 0 saturated carbocycles. The van der Waals surface area contributed by atoms with Gasteiger partial charge < -0.3 is 11.1 Å². The van der Waals surface area contributed by atoms with Crippen molar-refractivity contribution in [1.82, 2.24) is 15.0 Å². The number of fused-ring (bicyclic) bond motifs is 1. The van der Waals surface area contributed by atoms with Gasteiger partial charge in [0.2, 0.25) is 5.95 Å². The number of aromatic nitrogens is 3. The van der Waals surface area contributed by atoms with Crippen molar-refractivity contribution >= 4 is 33.5 Å². The smallest absolute Gasteiger partial charge is 0.226 e. The van der Waals surface area contributed by atoms with Crippen molar-refractivity contribution in [3.63, 3.8) is 0 Å². The molecule has 0 fully saturated rings. The Bertz CT molecular complexity index is 967. The van der Waals surface area contributed by atoms with E-state index in [1.807, 2.05) is 48.5 Å². The van der Waals surface area contributed by atoms with Crippen molar-refractivity contribution in [1.29, 1.82) is 0 Å². The summed E-state index contributed by atoms with van der Waals surface area (Å²) >= 11 is 1.52. The first-order valence-electron chi connectivity index (χ1n) is 7.57. The molecule has 5 nitrogen and oxygen atoms in total. The lowest BCUT2D eigenvalue weighted by atomic mass is 10.2. The standard InChI is InChI=1S/C18H15N5S/c19-15-14-17(24-16(21-14)13-9-5-2-6-10-13)23-18(22-15)20-11-12-7-3-1-4-8-12/h1-10H,11H2,(H3,19,20,22,23). The van der Waals surface area contributed by atoms with E-state index in [9.17, 15) is 0 Å². The maximum Gasteiger partial charge on any atom is 0.226 e. The SMILES string of the molecule is Nc1nc(NCc2ccccc2)nc2sc(-c3ccccc3)nc12. The van der Waals surface area contributed by atoms with Crippen LogP contribution in [0.15, 0.2) is 60.7 Å². The first-order valence-corrected chi connectivity index (χ1v) is 8.38. The third kappa shape index (κ3) is 2.91. The van der Waals surface area contributed by atoms with Crippen molar-refractivity contribution in [2.24, 2.45) is 0 Å². The number of hydrogen-bond donors (Lipinski definition) is 2. The highest BCUT2D eigenvalue weighted by atomic mass is 32.1. The maximum atomic E-state index is 6.07. The average molecular weight is 333 g/mol. The molecule has 24 heavy (non-hydrogen) atoms. The summed E-state index contributed by atoms with van der Waals surface area (Å²) in [5, 5.41) is 4.11. The van der Waals surface area contributed by atoms with Crippen LogP contribution < -0.4 is 11.1 Å². The van der Waals surface area contributed by atoms with Crippen LogP contribution in [0.1, 0.15) is 5.56 Å². The van der Waals surface area contributed by atoms with Gasteiger partial charge in [0, 0.05) is 12.1 Å². The van der Waals surface area contributed by atoms with E-state index in [1.165, 1.54) is 11.3 Å². The van der Waals surface area contributed by atoms with Crippen LogP contribution in [0.3, 0.4) is 0 Å². The van der Waals surface area contributed by atoms with Gasteiger partial charge in [0.15, 0.2) is 10.6 Å². The Hall–Kier alpha value is -2.99. The molecule has 4 aromatic rings. The second-order valence-electron chi connectivity index (χ2n) is 5.31. The molecule has 2 aromatic carbocycles. The van der Waals surface area contributed by atoms with Crippen LogP contribution in [-0.4, -0.2) is 15.0 Å². The van der Waals surface area contributed by atoms with Gasteiger partial charge in [0.25, 0.3) is 0 Å². The van der Waals surface area contributed by atoms with Gasteiger partial charge in [-0.3, -0.25) is 0 Å². The van der Waals surface area contributed by atoms with E-state index in [0.717, 1.165) is 21.0 Å². The lowest BCUT2D eigenvalue weighted by molar-refractivity contribution is 1.08. The fraction of sp³-hybridized carbons (Fsp3) is 0.0556. The molecule has 2 aromatic heterocycles. The highest BCUT2D eigenvalue weighted by Gasteiger charge is 2.12. The topological polar surface area (TPSA) is 76.7 Å². The molecule has 0 aliphatic heterocycles. The van der Waals surface area contributed by atoms with Gasteiger partial charge in [-0.2, -0.15) is 4.98 Å². The molecule has 0 amide bonds. The molecular formula is C18H15N5S. The third-order valence-electron chi connectivity index (χ3n) is 3.60. The molecule has 0 radical (unpaired) electrons. The lowest BCUT2D eigenvalue weighted by Gasteiger charge is -2.05. The summed E-state index contributed by atoms with van der Waals surface area (Å²) in [7, 11) is 0. The van der Waals surface area contributed by atoms with E-state index in [0.29, 0.717) is 23.8 Å². The second kappa shape index (κ2) is 6.25. The molecule has 118 valence electrons. The zero-order valence-corrected chi connectivity index (χ0v) is 13.6. The van der Waals surface area contributed by atoms with E-state index in [4.69, 9.17) is 5.73 Å². The molecule has 6 heteroatoms. The van der Waals surface area contributed by atoms with Gasteiger partial charge in [-0.1, -0.05) is 72.0 Å². The van der Waals surface area contributed by atoms with Crippen LogP contribution in [0.25, 0.3) is 20.9 Å². The number of thiazole rings is 1. The lowest BCUT2D eigenvalue weighted by Crippen LogP contribution is -2.05. The average Bonchev–Trinajstić information content (AvgIpc) is 3.06. The van der Waals surface area contributed by atoms with E-state index in [2.05, 4.69) is 32.4 Å². The van der Waals surface area contributed by atoms with Gasteiger partial charge in [-0.05, 0) is 5.56 Å². The zero-order valence-electron chi connectivity index (χ0n) is 12.8. The van der Waals surface area contributed by atoms with Gasteiger partial charge >= 0.3 is 0 Å². The van der Waals surface area contributed by atoms with Crippen LogP contribution in [0, 0.1) is 0 Å². The number of nitrogens with one attached hydrogen (secondary N) is 1. The van der Waals surface area contributed by atoms with E-state index < -0.39 is 0 Å². The largest absolute Gasteiger partial charge is 0.382 e. The minimum atomic E-state index is 0.397. The fourth-order valence-electron chi connectivity index (χ4n) is 2.40. The van der Waals surface area contributed by atoms with Crippen molar-refractivity contribution in [2.75, 3.05) is 11.1 Å². The number of nitrogen functional groups attached to an aromatic ring is 1. The molecule has 0 aliphatic rings. The molecule has 0 atom stereocenters. The van der Waals surface area contributed by atoms with Crippen LogP contribution in [0.5, 0.6) is 0 Å². The number of anilines is 2. The first-order chi connectivity index (χ1) is 11.8. The molecule has 0 bridgehead atoms. The third-order valence-corrected chi connectivity index (χ3v) is 4.60. The molecule has 2 heterocycles. The molecule has 4 rings (SSSR count). The second-order valence-corrected chi connectivity index (χ2v) is 6.29. The van der Waals surface area contributed by atoms with Crippen LogP contribution >= 0.6 is 11.3 Å². The zero-order chi connectivity index (χ0) is 16.4. The van der Waals surface area contributed by atoms with Crippen molar-refractivity contribution in [3.05, 3.63) is 66.2 Å². The molecule has 3 N–H and O–H groups in total. The Morgan fingerprint density at radius 2 is 1.58 bits per heavy atom. The van der Waals surface area contributed by atoms with Crippen molar-refractivity contribution < 1.29 is 0 Å². The summed E-state index contributed by atoms with van der Waals surface area (Å²) in [6.45, 7) is 0.649. The van der Waals surface area contributed by atoms with Crippen molar-refractivity contribution in [3.8, 4) is 10.6 Å². The molecule has 0 aliphatic carbocycles. The molecule has 0 unspecified atom stereocenters. The number of nitrogens with zero attached hydrogens (tertiary/aromatic N) is 3. The predicted octanol–water partition coefficient (Wildman–Crippen LogP) is 3.95. The quantitative estimate of drug-likeness (QED) is 0.591. The van der Waals surface area contributed by atoms with Gasteiger partial charge in [0.05, 0.1) is 0 Å². The van der Waals surface area contributed by atoms with Crippen molar-refractivity contribution in [2.45, 2.75) is 6.54 Å². The summed E-state index contributed by atoms with van der Waals surface area (Å²) in [6, 6.07) is 20.1. The maximum absolute atomic E-state index is 6.07. The number of benzene rings is 2. The normalized spacial score (nSPS) is 10.8. The highest BCUT2D eigenvalue weighted by molar-refractivity contribution is 7.21. The molecule has 0 spiro atoms. The Kier molecular flexibility index (Phi) is 3.80. The Balaban J connectivity index is 1.64. The van der Waals surface area contributed by atoms with Gasteiger partial charge in [-0.25, -0.2) is 9.97 Å². The minimum Gasteiger partial charge on any atom is -0.382 e. The van der Waals surface area contributed by atoms with E-state index >= 15 is 0 Å². The Labute approximate surface area is 143 Å². The first kappa shape index (κ1) is 14.6.